The fourth-order valence-electron chi connectivity index (χ4n) is 4.57. The van der Waals surface area contributed by atoms with Gasteiger partial charge in [0.2, 0.25) is 0 Å². The summed E-state index contributed by atoms with van der Waals surface area (Å²) in [6.07, 6.45) is 5.11. The van der Waals surface area contributed by atoms with Crippen molar-refractivity contribution < 1.29 is 8.83 Å². The summed E-state index contributed by atoms with van der Waals surface area (Å²) in [6, 6.07) is 12.5. The third-order valence-corrected chi connectivity index (χ3v) is 5.88. The van der Waals surface area contributed by atoms with E-state index in [1.807, 2.05) is 32.0 Å². The van der Waals surface area contributed by atoms with Gasteiger partial charge in [-0.2, -0.15) is 0 Å². The van der Waals surface area contributed by atoms with Gasteiger partial charge in [-0.25, -0.2) is 4.79 Å². The highest BCUT2D eigenvalue weighted by atomic mass is 16.4. The largest absolute Gasteiger partial charge is 0.460 e. The summed E-state index contributed by atoms with van der Waals surface area (Å²) >= 11 is 0. The minimum absolute atomic E-state index is 0.173. The summed E-state index contributed by atoms with van der Waals surface area (Å²) in [5, 5.41) is 2.18. The van der Waals surface area contributed by atoms with Gasteiger partial charge >= 0.3 is 5.63 Å². The molecule has 1 aliphatic carbocycles. The summed E-state index contributed by atoms with van der Waals surface area (Å²) in [6.45, 7) is 4.00. The van der Waals surface area contributed by atoms with Crippen LogP contribution >= 0.6 is 0 Å². The zero-order chi connectivity index (χ0) is 18.5. The van der Waals surface area contributed by atoms with Crippen molar-refractivity contribution >= 4 is 21.9 Å². The van der Waals surface area contributed by atoms with Gasteiger partial charge < -0.3 is 8.83 Å². The first kappa shape index (κ1) is 16.4. The van der Waals surface area contributed by atoms with Crippen LogP contribution < -0.4 is 5.63 Å². The summed E-state index contributed by atoms with van der Waals surface area (Å²) in [5.41, 5.74) is 6.57. The van der Waals surface area contributed by atoms with Crippen LogP contribution in [0.2, 0.25) is 0 Å². The third-order valence-electron chi connectivity index (χ3n) is 5.88. The number of furan rings is 1. The zero-order valence-electron chi connectivity index (χ0n) is 15.7. The van der Waals surface area contributed by atoms with E-state index in [1.165, 1.54) is 5.56 Å². The molecule has 3 nitrogen and oxygen atoms in total. The predicted octanol–water partition coefficient (Wildman–Crippen LogP) is 6.09. The minimum Gasteiger partial charge on any atom is -0.460 e. The predicted molar refractivity (Wildman–Crippen MR) is 108 cm³/mol. The normalized spacial score (nSPS) is 14.4. The van der Waals surface area contributed by atoms with Crippen molar-refractivity contribution in [3.8, 4) is 11.1 Å². The molecule has 0 amide bonds. The lowest BCUT2D eigenvalue weighted by atomic mass is 9.95. The maximum atomic E-state index is 12.6. The van der Waals surface area contributed by atoms with Crippen LogP contribution in [0, 0.1) is 13.8 Å². The Morgan fingerprint density at radius 1 is 0.815 bits per heavy atom. The Kier molecular flexibility index (Phi) is 3.71. The molecule has 0 aliphatic heterocycles. The van der Waals surface area contributed by atoms with Crippen LogP contribution in [0.25, 0.3) is 33.1 Å². The number of hydrogen-bond donors (Lipinski definition) is 0. The molecule has 0 unspecified atom stereocenters. The zero-order valence-corrected chi connectivity index (χ0v) is 15.7. The molecule has 2 heterocycles. The van der Waals surface area contributed by atoms with E-state index < -0.39 is 0 Å². The second-order valence-corrected chi connectivity index (χ2v) is 7.56. The van der Waals surface area contributed by atoms with Gasteiger partial charge in [0.15, 0.2) is 0 Å². The average molecular weight is 358 g/mol. The molecule has 3 heteroatoms. The molecule has 0 bridgehead atoms. The highest BCUT2D eigenvalue weighted by Crippen LogP contribution is 2.40. The molecule has 0 radical (unpaired) electrons. The van der Waals surface area contributed by atoms with Gasteiger partial charge in [0.05, 0.1) is 0 Å². The van der Waals surface area contributed by atoms with Crippen molar-refractivity contribution in [2.45, 2.75) is 46.0 Å². The number of rotatable bonds is 1. The highest BCUT2D eigenvalue weighted by Gasteiger charge is 2.22. The van der Waals surface area contributed by atoms with E-state index in [9.17, 15) is 4.79 Å². The van der Waals surface area contributed by atoms with Crippen LogP contribution in [0.1, 0.15) is 41.7 Å². The van der Waals surface area contributed by atoms with Gasteiger partial charge in [-0.05, 0) is 56.7 Å². The number of hydrogen-bond acceptors (Lipinski definition) is 3. The molecule has 0 saturated heterocycles. The Morgan fingerprint density at radius 3 is 2.30 bits per heavy atom. The fourth-order valence-corrected chi connectivity index (χ4v) is 4.57. The summed E-state index contributed by atoms with van der Waals surface area (Å²) in [5.74, 6) is 0.892. The summed E-state index contributed by atoms with van der Waals surface area (Å²) in [7, 11) is 0. The number of aryl methyl sites for hydroxylation is 3. The lowest BCUT2D eigenvalue weighted by Crippen LogP contribution is -2.11. The molecule has 136 valence electrons. The quantitative estimate of drug-likeness (QED) is 0.305. The van der Waals surface area contributed by atoms with Crippen LogP contribution in [0.15, 0.2) is 50.0 Å². The number of benzene rings is 2. The maximum absolute atomic E-state index is 12.6. The highest BCUT2D eigenvalue weighted by molar-refractivity contribution is 6.05. The van der Waals surface area contributed by atoms with Crippen molar-refractivity contribution in [1.29, 1.82) is 0 Å². The lowest BCUT2D eigenvalue weighted by molar-refractivity contribution is 0.541. The van der Waals surface area contributed by atoms with Crippen LogP contribution in [-0.4, -0.2) is 0 Å². The van der Waals surface area contributed by atoms with E-state index in [4.69, 9.17) is 8.83 Å². The first-order chi connectivity index (χ1) is 13.1. The standard InChI is InChI=1S/C24H22O3/c1-14-22-19(17-11-7-4-8-12-18(17)24(25)27-22)13-20-21(15(2)26-23(14)20)16-9-5-3-6-10-16/h3,5-6,9-10,13H,4,7-8,11-12H2,1-2H3. The van der Waals surface area contributed by atoms with Gasteiger partial charge in [0.25, 0.3) is 0 Å². The molecule has 0 atom stereocenters. The second-order valence-electron chi connectivity index (χ2n) is 7.56. The molecule has 0 N–H and O–H groups in total. The summed E-state index contributed by atoms with van der Waals surface area (Å²) < 4.78 is 11.9. The molecule has 5 rings (SSSR count). The molecule has 0 saturated carbocycles. The monoisotopic (exact) mass is 358 g/mol. The van der Waals surface area contributed by atoms with Crippen molar-refractivity contribution in [2.75, 3.05) is 0 Å². The van der Waals surface area contributed by atoms with Crippen LogP contribution in [-0.2, 0) is 12.8 Å². The van der Waals surface area contributed by atoms with Gasteiger partial charge in [0.1, 0.15) is 16.9 Å². The van der Waals surface area contributed by atoms with Crippen molar-refractivity contribution in [3.63, 3.8) is 0 Å². The van der Waals surface area contributed by atoms with Gasteiger partial charge in [-0.1, -0.05) is 36.8 Å². The Hall–Kier alpha value is -2.81. The second kappa shape index (κ2) is 6.12. The Balaban J connectivity index is 1.92. The van der Waals surface area contributed by atoms with Crippen molar-refractivity contribution in [2.24, 2.45) is 0 Å². The smallest absolute Gasteiger partial charge is 0.339 e. The van der Waals surface area contributed by atoms with Gasteiger partial charge in [0, 0.05) is 27.5 Å². The van der Waals surface area contributed by atoms with Crippen LogP contribution in [0.5, 0.6) is 0 Å². The minimum atomic E-state index is -0.173. The van der Waals surface area contributed by atoms with Crippen molar-refractivity contribution in [1.82, 2.24) is 0 Å². The molecular weight excluding hydrogens is 336 g/mol. The van der Waals surface area contributed by atoms with Crippen LogP contribution in [0.4, 0.5) is 0 Å². The molecule has 0 spiro atoms. The molecule has 4 aromatic rings. The molecule has 2 aromatic carbocycles. The molecule has 27 heavy (non-hydrogen) atoms. The molecule has 1 aliphatic rings. The topological polar surface area (TPSA) is 43.4 Å². The van der Waals surface area contributed by atoms with Gasteiger partial charge in [-0.3, -0.25) is 0 Å². The SMILES string of the molecule is Cc1oc2c(C)c3oc(=O)c4c(c3cc2c1-c1ccccc1)CCCCC4. The Labute approximate surface area is 157 Å². The molecular formula is C24H22O3. The van der Waals surface area contributed by atoms with E-state index in [0.29, 0.717) is 5.58 Å². The van der Waals surface area contributed by atoms with E-state index in [1.54, 1.807) is 0 Å². The first-order valence-corrected chi connectivity index (χ1v) is 9.72. The van der Waals surface area contributed by atoms with E-state index >= 15 is 0 Å². The van der Waals surface area contributed by atoms with Gasteiger partial charge in [-0.15, -0.1) is 0 Å². The Bertz CT molecular complexity index is 1230. The summed E-state index contributed by atoms with van der Waals surface area (Å²) in [4.78, 5) is 12.6. The maximum Gasteiger partial charge on any atom is 0.339 e. The van der Waals surface area contributed by atoms with Crippen LogP contribution in [0.3, 0.4) is 0 Å². The molecule has 0 fully saturated rings. The van der Waals surface area contributed by atoms with E-state index in [-0.39, 0.29) is 5.63 Å². The number of fused-ring (bicyclic) bond motifs is 4. The molecule has 2 aromatic heterocycles. The van der Waals surface area contributed by atoms with E-state index in [0.717, 1.165) is 76.5 Å². The third kappa shape index (κ3) is 2.45. The van der Waals surface area contributed by atoms with Crippen molar-refractivity contribution in [3.05, 3.63) is 69.3 Å². The Morgan fingerprint density at radius 2 is 1.52 bits per heavy atom. The first-order valence-electron chi connectivity index (χ1n) is 9.72. The van der Waals surface area contributed by atoms with E-state index in [2.05, 4.69) is 18.2 Å². The lowest BCUT2D eigenvalue weighted by Gasteiger charge is -2.11. The fraction of sp³-hybridized carbons (Fsp3) is 0.292. The average Bonchev–Trinajstić information content (AvgIpc) is 2.84.